The first kappa shape index (κ1) is 17.1. The van der Waals surface area contributed by atoms with Gasteiger partial charge in [-0.05, 0) is 53.9 Å². The quantitative estimate of drug-likeness (QED) is 0.842. The molecule has 0 heterocycles. The van der Waals surface area contributed by atoms with E-state index in [2.05, 4.69) is 21.2 Å². The maximum Gasteiger partial charge on any atom is 0.251 e. The Morgan fingerprint density at radius 3 is 2.35 bits per heavy atom. The van der Waals surface area contributed by atoms with Crippen molar-refractivity contribution in [2.45, 2.75) is 44.0 Å². The van der Waals surface area contributed by atoms with Crippen molar-refractivity contribution in [3.05, 3.63) is 28.2 Å². The summed E-state index contributed by atoms with van der Waals surface area (Å²) in [6.07, 6.45) is 1.57. The van der Waals surface area contributed by atoms with Crippen LogP contribution in [-0.4, -0.2) is 19.9 Å². The Morgan fingerprint density at radius 2 is 1.90 bits per heavy atom. The van der Waals surface area contributed by atoms with Crippen LogP contribution in [0, 0.1) is 0 Å². The van der Waals surface area contributed by atoms with Crippen LogP contribution in [0.1, 0.15) is 44.0 Å². The molecule has 5 nitrogen and oxygen atoms in total. The predicted molar refractivity (Wildman–Crippen MR) is 82.0 cm³/mol. The fourth-order valence-corrected chi connectivity index (χ4v) is 3.19. The van der Waals surface area contributed by atoms with Crippen LogP contribution in [0.4, 0.5) is 0 Å². The molecule has 1 rings (SSSR count). The summed E-state index contributed by atoms with van der Waals surface area (Å²) in [4.78, 5) is 12.1. The molecule has 1 aromatic rings. The SMILES string of the molecule is CCC(C)(CC)NC(=O)c1ccc(Br)c(S(N)(=O)=O)c1. The minimum Gasteiger partial charge on any atom is -0.347 e. The van der Waals surface area contributed by atoms with Crippen LogP contribution in [-0.2, 0) is 10.0 Å². The van der Waals surface area contributed by atoms with Gasteiger partial charge in [0, 0.05) is 15.6 Å². The summed E-state index contributed by atoms with van der Waals surface area (Å²) in [6.45, 7) is 5.92. The van der Waals surface area contributed by atoms with Gasteiger partial charge in [-0.3, -0.25) is 4.79 Å². The molecule has 0 spiro atoms. The second kappa shape index (κ2) is 6.24. The first-order valence-electron chi connectivity index (χ1n) is 6.28. The minimum atomic E-state index is -3.87. The standard InChI is InChI=1S/C13H19BrN2O3S/c1-4-13(3,5-2)16-12(17)9-6-7-10(14)11(8-9)20(15,18)19/h6-8H,4-5H2,1-3H3,(H,16,17)(H2,15,18,19). The summed E-state index contributed by atoms with van der Waals surface area (Å²) in [5, 5.41) is 8.03. The first-order chi connectivity index (χ1) is 9.13. The monoisotopic (exact) mass is 362 g/mol. The average Bonchev–Trinajstić information content (AvgIpc) is 2.37. The van der Waals surface area contributed by atoms with Crippen LogP contribution in [0.25, 0.3) is 0 Å². The van der Waals surface area contributed by atoms with Gasteiger partial charge >= 0.3 is 0 Å². The predicted octanol–water partition coefficient (Wildman–Crippen LogP) is 2.41. The maximum absolute atomic E-state index is 12.2. The molecular formula is C13H19BrN2O3S. The van der Waals surface area contributed by atoms with Gasteiger partial charge in [-0.1, -0.05) is 13.8 Å². The summed E-state index contributed by atoms with van der Waals surface area (Å²) in [6, 6.07) is 4.34. The molecule has 0 atom stereocenters. The number of nitrogens with one attached hydrogen (secondary N) is 1. The minimum absolute atomic E-state index is 0.0974. The number of carbonyl (C=O) groups is 1. The van der Waals surface area contributed by atoms with Crippen LogP contribution in [0.5, 0.6) is 0 Å². The Bertz CT molecular complexity index is 610. The van der Waals surface area contributed by atoms with Gasteiger partial charge in [0.1, 0.15) is 0 Å². The van der Waals surface area contributed by atoms with E-state index in [0.717, 1.165) is 12.8 Å². The van der Waals surface area contributed by atoms with E-state index in [1.165, 1.54) is 12.1 Å². The van der Waals surface area contributed by atoms with Gasteiger partial charge in [-0.15, -0.1) is 0 Å². The van der Waals surface area contributed by atoms with Gasteiger partial charge in [0.15, 0.2) is 0 Å². The molecule has 1 amide bonds. The molecule has 0 radical (unpaired) electrons. The lowest BCUT2D eigenvalue weighted by atomic mass is 9.95. The number of rotatable bonds is 5. The number of nitrogens with two attached hydrogens (primary N) is 1. The van der Waals surface area contributed by atoms with Crippen molar-refractivity contribution in [2.75, 3.05) is 0 Å². The highest BCUT2D eigenvalue weighted by Gasteiger charge is 2.23. The van der Waals surface area contributed by atoms with Crippen molar-refractivity contribution in [1.29, 1.82) is 0 Å². The molecule has 7 heteroatoms. The Balaban J connectivity index is 3.13. The van der Waals surface area contributed by atoms with E-state index in [1.54, 1.807) is 6.07 Å². The fraction of sp³-hybridized carbons (Fsp3) is 0.462. The first-order valence-corrected chi connectivity index (χ1v) is 8.61. The lowest BCUT2D eigenvalue weighted by Gasteiger charge is -2.28. The van der Waals surface area contributed by atoms with Gasteiger partial charge in [-0.2, -0.15) is 0 Å². The van der Waals surface area contributed by atoms with Gasteiger partial charge in [0.2, 0.25) is 10.0 Å². The zero-order valence-electron chi connectivity index (χ0n) is 11.7. The number of hydrogen-bond donors (Lipinski definition) is 2. The molecule has 20 heavy (non-hydrogen) atoms. The van der Waals surface area contributed by atoms with Crippen LogP contribution >= 0.6 is 15.9 Å². The molecule has 112 valence electrons. The van der Waals surface area contributed by atoms with E-state index in [1.807, 2.05) is 20.8 Å². The van der Waals surface area contributed by atoms with Crippen LogP contribution in [0.15, 0.2) is 27.6 Å². The lowest BCUT2D eigenvalue weighted by Crippen LogP contribution is -2.45. The summed E-state index contributed by atoms with van der Waals surface area (Å²) in [5.74, 6) is -0.311. The average molecular weight is 363 g/mol. The van der Waals surface area contributed by atoms with Crippen molar-refractivity contribution in [1.82, 2.24) is 5.32 Å². The van der Waals surface area contributed by atoms with Crippen molar-refractivity contribution in [2.24, 2.45) is 5.14 Å². The number of carbonyl (C=O) groups excluding carboxylic acids is 1. The molecule has 3 N–H and O–H groups in total. The topological polar surface area (TPSA) is 89.3 Å². The van der Waals surface area contributed by atoms with Crippen molar-refractivity contribution in [3.63, 3.8) is 0 Å². The zero-order chi connectivity index (χ0) is 15.6. The highest BCUT2D eigenvalue weighted by Crippen LogP contribution is 2.23. The number of primary sulfonamides is 1. The van der Waals surface area contributed by atoms with Gasteiger partial charge in [0.05, 0.1) is 4.90 Å². The molecule has 0 aliphatic heterocycles. The largest absolute Gasteiger partial charge is 0.347 e. The number of hydrogen-bond acceptors (Lipinski definition) is 3. The fourth-order valence-electron chi connectivity index (χ4n) is 1.64. The second-order valence-corrected chi connectivity index (χ2v) is 7.30. The van der Waals surface area contributed by atoms with Crippen LogP contribution < -0.4 is 10.5 Å². The molecule has 0 aliphatic carbocycles. The van der Waals surface area contributed by atoms with Crippen molar-refractivity contribution < 1.29 is 13.2 Å². The highest BCUT2D eigenvalue weighted by atomic mass is 79.9. The molecule has 0 fully saturated rings. The van der Waals surface area contributed by atoms with E-state index in [0.29, 0.717) is 4.47 Å². The Morgan fingerprint density at radius 1 is 1.35 bits per heavy atom. The number of amides is 1. The summed E-state index contributed by atoms with van der Waals surface area (Å²) < 4.78 is 23.2. The van der Waals surface area contributed by atoms with Gasteiger partial charge in [0.25, 0.3) is 5.91 Å². The Hall–Kier alpha value is -0.920. The number of benzene rings is 1. The van der Waals surface area contributed by atoms with Crippen molar-refractivity contribution >= 4 is 31.9 Å². The Kier molecular flexibility index (Phi) is 5.34. The second-order valence-electron chi connectivity index (χ2n) is 4.91. The molecule has 0 unspecified atom stereocenters. The third-order valence-corrected chi connectivity index (χ3v) is 5.38. The van der Waals surface area contributed by atoms with Gasteiger partial charge < -0.3 is 5.32 Å². The Labute approximate surface area is 128 Å². The van der Waals surface area contributed by atoms with Crippen molar-refractivity contribution in [3.8, 4) is 0 Å². The smallest absolute Gasteiger partial charge is 0.251 e. The number of halogens is 1. The summed E-state index contributed by atoms with van der Waals surface area (Å²) in [5.41, 5.74) is -0.0447. The normalized spacial score (nSPS) is 12.2. The molecule has 0 saturated carbocycles. The maximum atomic E-state index is 12.2. The molecule has 1 aromatic carbocycles. The molecule has 0 bridgehead atoms. The number of sulfonamides is 1. The molecule has 0 aliphatic rings. The van der Waals surface area contributed by atoms with Crippen LogP contribution in [0.3, 0.4) is 0 Å². The molecule has 0 saturated heterocycles. The third-order valence-electron chi connectivity index (χ3n) is 3.48. The summed E-state index contributed by atoms with van der Waals surface area (Å²) in [7, 11) is -3.87. The van der Waals surface area contributed by atoms with E-state index >= 15 is 0 Å². The molecule has 0 aromatic heterocycles. The highest BCUT2D eigenvalue weighted by molar-refractivity contribution is 9.10. The summed E-state index contributed by atoms with van der Waals surface area (Å²) >= 11 is 3.11. The zero-order valence-corrected chi connectivity index (χ0v) is 14.1. The molecular weight excluding hydrogens is 344 g/mol. The van der Waals surface area contributed by atoms with Crippen LogP contribution in [0.2, 0.25) is 0 Å². The van der Waals surface area contributed by atoms with E-state index < -0.39 is 10.0 Å². The lowest BCUT2D eigenvalue weighted by molar-refractivity contribution is 0.0901. The van der Waals surface area contributed by atoms with E-state index in [4.69, 9.17) is 5.14 Å². The third kappa shape index (κ3) is 4.04. The van der Waals surface area contributed by atoms with Gasteiger partial charge in [-0.25, -0.2) is 13.6 Å². The van der Waals surface area contributed by atoms with E-state index in [-0.39, 0.29) is 21.9 Å². The van der Waals surface area contributed by atoms with E-state index in [9.17, 15) is 13.2 Å².